The molecule has 0 aromatic heterocycles. The molecule has 0 saturated carbocycles. The van der Waals surface area contributed by atoms with Gasteiger partial charge in [0.15, 0.2) is 0 Å². The lowest BCUT2D eigenvalue weighted by molar-refractivity contribution is 0.404. The number of anilines is 1. The highest BCUT2D eigenvalue weighted by molar-refractivity contribution is 5.52. The van der Waals surface area contributed by atoms with Crippen LogP contribution in [0.3, 0.4) is 0 Å². The Morgan fingerprint density at radius 2 is 2.00 bits per heavy atom. The van der Waals surface area contributed by atoms with E-state index < -0.39 is 0 Å². The maximum absolute atomic E-state index is 5.73. The molecular weight excluding hydrogens is 224 g/mol. The largest absolute Gasteiger partial charge is 0.496 e. The van der Waals surface area contributed by atoms with Gasteiger partial charge in [-0.15, -0.1) is 0 Å². The van der Waals surface area contributed by atoms with Crippen molar-refractivity contribution in [1.82, 2.24) is 0 Å². The van der Waals surface area contributed by atoms with Gasteiger partial charge in [-0.3, -0.25) is 0 Å². The standard InChI is InChI=1S/C15H26N2O/c1-11(2)13-8-12(6-7-14(13)18-5)17-10-15(3,4)9-16/h6-8,11,17H,9-10,16H2,1-5H3. The van der Waals surface area contributed by atoms with Gasteiger partial charge in [-0.2, -0.15) is 0 Å². The van der Waals surface area contributed by atoms with Crippen LogP contribution in [0.1, 0.15) is 39.2 Å². The fourth-order valence-electron chi connectivity index (χ4n) is 1.71. The molecule has 0 aliphatic heterocycles. The third-order valence-corrected chi connectivity index (χ3v) is 3.18. The van der Waals surface area contributed by atoms with E-state index in [9.17, 15) is 0 Å². The van der Waals surface area contributed by atoms with Crippen molar-refractivity contribution < 1.29 is 4.74 Å². The Bertz CT molecular complexity index is 386. The summed E-state index contributed by atoms with van der Waals surface area (Å²) >= 11 is 0. The zero-order chi connectivity index (χ0) is 13.8. The van der Waals surface area contributed by atoms with Crippen molar-refractivity contribution in [2.75, 3.05) is 25.5 Å². The highest BCUT2D eigenvalue weighted by Gasteiger charge is 2.15. The predicted molar refractivity (Wildman–Crippen MR) is 78.4 cm³/mol. The molecule has 0 spiro atoms. The van der Waals surface area contributed by atoms with Crippen molar-refractivity contribution in [2.45, 2.75) is 33.6 Å². The average Bonchev–Trinajstić information content (AvgIpc) is 2.36. The quantitative estimate of drug-likeness (QED) is 0.815. The Hall–Kier alpha value is -1.22. The van der Waals surface area contributed by atoms with Gasteiger partial charge >= 0.3 is 0 Å². The summed E-state index contributed by atoms with van der Waals surface area (Å²) in [7, 11) is 1.71. The van der Waals surface area contributed by atoms with Gasteiger partial charge in [0.25, 0.3) is 0 Å². The Morgan fingerprint density at radius 1 is 1.33 bits per heavy atom. The Balaban J connectivity index is 2.82. The third-order valence-electron chi connectivity index (χ3n) is 3.18. The number of hydrogen-bond donors (Lipinski definition) is 2. The van der Waals surface area contributed by atoms with Crippen LogP contribution in [0.5, 0.6) is 5.75 Å². The van der Waals surface area contributed by atoms with Crippen LogP contribution in [0.2, 0.25) is 0 Å². The first kappa shape index (κ1) is 14.8. The molecule has 3 heteroatoms. The van der Waals surface area contributed by atoms with Gasteiger partial charge in [-0.1, -0.05) is 27.7 Å². The summed E-state index contributed by atoms with van der Waals surface area (Å²) in [5.74, 6) is 1.40. The van der Waals surface area contributed by atoms with Crippen molar-refractivity contribution in [3.63, 3.8) is 0 Å². The summed E-state index contributed by atoms with van der Waals surface area (Å²) in [5.41, 5.74) is 8.20. The second-order valence-corrected chi connectivity index (χ2v) is 5.83. The predicted octanol–water partition coefficient (Wildman–Crippen LogP) is 3.22. The summed E-state index contributed by atoms with van der Waals surface area (Å²) in [6.07, 6.45) is 0. The molecule has 0 aliphatic carbocycles. The van der Waals surface area contributed by atoms with Crippen LogP contribution in [0.25, 0.3) is 0 Å². The molecule has 1 aromatic carbocycles. The average molecular weight is 250 g/mol. The zero-order valence-corrected chi connectivity index (χ0v) is 12.2. The van der Waals surface area contributed by atoms with Crippen LogP contribution in [0.4, 0.5) is 5.69 Å². The molecule has 0 radical (unpaired) electrons. The number of rotatable bonds is 6. The van der Waals surface area contributed by atoms with E-state index in [0.717, 1.165) is 18.0 Å². The Labute approximate surface area is 111 Å². The van der Waals surface area contributed by atoms with Crippen molar-refractivity contribution in [3.8, 4) is 5.75 Å². The van der Waals surface area contributed by atoms with Crippen LogP contribution in [0.15, 0.2) is 18.2 Å². The van der Waals surface area contributed by atoms with E-state index in [1.54, 1.807) is 7.11 Å². The van der Waals surface area contributed by atoms with Crippen LogP contribution < -0.4 is 15.8 Å². The van der Waals surface area contributed by atoms with Crippen molar-refractivity contribution in [1.29, 1.82) is 0 Å². The Kier molecular flexibility index (Phi) is 5.03. The third kappa shape index (κ3) is 3.91. The van der Waals surface area contributed by atoms with Gasteiger partial charge < -0.3 is 15.8 Å². The van der Waals surface area contributed by atoms with Crippen molar-refractivity contribution >= 4 is 5.69 Å². The SMILES string of the molecule is COc1ccc(NCC(C)(C)CN)cc1C(C)C. The molecule has 3 N–H and O–H groups in total. The van der Waals surface area contributed by atoms with Crippen molar-refractivity contribution in [3.05, 3.63) is 23.8 Å². The summed E-state index contributed by atoms with van der Waals surface area (Å²) < 4.78 is 5.38. The molecular formula is C15H26N2O. The van der Waals surface area contributed by atoms with E-state index >= 15 is 0 Å². The number of methoxy groups -OCH3 is 1. The maximum atomic E-state index is 5.73. The molecule has 0 amide bonds. The summed E-state index contributed by atoms with van der Waals surface area (Å²) in [5, 5.41) is 3.45. The highest BCUT2D eigenvalue weighted by atomic mass is 16.5. The smallest absolute Gasteiger partial charge is 0.122 e. The van der Waals surface area contributed by atoms with Gasteiger partial charge in [0, 0.05) is 12.2 Å². The highest BCUT2D eigenvalue weighted by Crippen LogP contribution is 2.29. The molecule has 3 nitrogen and oxygen atoms in total. The minimum absolute atomic E-state index is 0.109. The van der Waals surface area contributed by atoms with E-state index in [4.69, 9.17) is 10.5 Å². The fraction of sp³-hybridized carbons (Fsp3) is 0.600. The summed E-state index contributed by atoms with van der Waals surface area (Å²) in [6, 6.07) is 6.24. The molecule has 0 aliphatic rings. The van der Waals surface area contributed by atoms with Gasteiger partial charge in [0.05, 0.1) is 7.11 Å². The van der Waals surface area contributed by atoms with E-state index in [-0.39, 0.29) is 5.41 Å². The summed E-state index contributed by atoms with van der Waals surface area (Å²) in [6.45, 7) is 10.2. The van der Waals surface area contributed by atoms with E-state index in [0.29, 0.717) is 12.5 Å². The second kappa shape index (κ2) is 6.10. The number of hydrogen-bond acceptors (Lipinski definition) is 3. The topological polar surface area (TPSA) is 47.3 Å². The first-order valence-corrected chi connectivity index (χ1v) is 6.51. The van der Waals surface area contributed by atoms with Crippen molar-refractivity contribution in [2.24, 2.45) is 11.1 Å². The molecule has 1 aromatic rings. The second-order valence-electron chi connectivity index (χ2n) is 5.83. The van der Waals surface area contributed by atoms with Gasteiger partial charge in [-0.25, -0.2) is 0 Å². The molecule has 18 heavy (non-hydrogen) atoms. The molecule has 0 bridgehead atoms. The minimum Gasteiger partial charge on any atom is -0.496 e. The molecule has 102 valence electrons. The molecule has 0 unspecified atom stereocenters. The summed E-state index contributed by atoms with van der Waals surface area (Å²) in [4.78, 5) is 0. The fourth-order valence-corrected chi connectivity index (χ4v) is 1.71. The Morgan fingerprint density at radius 3 is 2.50 bits per heavy atom. The molecule has 0 saturated heterocycles. The number of benzene rings is 1. The van der Waals surface area contributed by atoms with Crippen LogP contribution in [0, 0.1) is 5.41 Å². The van der Waals surface area contributed by atoms with Crippen LogP contribution >= 0.6 is 0 Å². The molecule has 0 fully saturated rings. The maximum Gasteiger partial charge on any atom is 0.122 e. The van der Waals surface area contributed by atoms with E-state index in [1.165, 1.54) is 5.56 Å². The number of ether oxygens (including phenoxy) is 1. The first-order chi connectivity index (χ1) is 8.39. The normalized spacial score (nSPS) is 11.7. The molecule has 0 atom stereocenters. The molecule has 0 heterocycles. The van der Waals surface area contributed by atoms with E-state index in [1.807, 2.05) is 6.07 Å². The lowest BCUT2D eigenvalue weighted by atomic mass is 9.93. The van der Waals surface area contributed by atoms with Gasteiger partial charge in [0.1, 0.15) is 5.75 Å². The van der Waals surface area contributed by atoms with Gasteiger partial charge in [-0.05, 0) is 41.6 Å². The number of nitrogens with two attached hydrogens (primary N) is 1. The number of nitrogens with one attached hydrogen (secondary N) is 1. The van der Waals surface area contributed by atoms with Gasteiger partial charge in [0.2, 0.25) is 0 Å². The zero-order valence-electron chi connectivity index (χ0n) is 12.2. The lowest BCUT2D eigenvalue weighted by Crippen LogP contribution is -2.31. The van der Waals surface area contributed by atoms with E-state index in [2.05, 4.69) is 45.1 Å². The van der Waals surface area contributed by atoms with Crippen LogP contribution in [-0.4, -0.2) is 20.2 Å². The lowest BCUT2D eigenvalue weighted by Gasteiger charge is -2.24. The first-order valence-electron chi connectivity index (χ1n) is 6.51. The monoisotopic (exact) mass is 250 g/mol. The van der Waals surface area contributed by atoms with Crippen LogP contribution in [-0.2, 0) is 0 Å². The molecule has 1 rings (SSSR count). The minimum atomic E-state index is 0.109.